The van der Waals surface area contributed by atoms with Crippen LogP contribution in [0.15, 0.2) is 41.7 Å². The number of fused-ring (bicyclic) bond motifs is 1. The molecule has 2 N–H and O–H groups in total. The third-order valence-corrected chi connectivity index (χ3v) is 3.75. The van der Waals surface area contributed by atoms with Gasteiger partial charge in [0, 0.05) is 41.2 Å². The predicted octanol–water partition coefficient (Wildman–Crippen LogP) is 3.63. The summed E-state index contributed by atoms with van der Waals surface area (Å²) in [6.07, 6.45) is 8.17. The molecule has 0 spiro atoms. The number of aromatic nitrogens is 2. The molecule has 0 saturated carbocycles. The van der Waals surface area contributed by atoms with Crippen LogP contribution in [0.3, 0.4) is 0 Å². The van der Waals surface area contributed by atoms with Gasteiger partial charge in [-0.25, -0.2) is 9.97 Å². The van der Waals surface area contributed by atoms with E-state index in [1.54, 1.807) is 13.3 Å². The summed E-state index contributed by atoms with van der Waals surface area (Å²) in [5.74, 6) is 1.27. The van der Waals surface area contributed by atoms with E-state index in [2.05, 4.69) is 20.4 Å². The maximum Gasteiger partial charge on any atom is 0.223 e. The minimum Gasteiger partial charge on any atom is -0.496 e. The Morgan fingerprint density at radius 3 is 2.88 bits per heavy atom. The van der Waals surface area contributed by atoms with Crippen LogP contribution in [0.5, 0.6) is 5.75 Å². The van der Waals surface area contributed by atoms with Crippen LogP contribution in [0.25, 0.3) is 16.5 Å². The average molecular weight is 324 g/mol. The third-order valence-electron chi connectivity index (χ3n) is 3.75. The molecule has 0 unspecified atom stereocenters. The molecule has 24 heavy (non-hydrogen) atoms. The molecule has 3 rings (SSSR count). The van der Waals surface area contributed by atoms with Gasteiger partial charge in [0.05, 0.1) is 18.3 Å². The van der Waals surface area contributed by atoms with Crippen LogP contribution in [-0.4, -0.2) is 34.0 Å². The largest absolute Gasteiger partial charge is 0.496 e. The summed E-state index contributed by atoms with van der Waals surface area (Å²) in [5, 5.41) is 16.8. The van der Waals surface area contributed by atoms with E-state index in [1.165, 1.54) is 0 Å². The normalized spacial score (nSPS) is 15.8. The molecule has 0 bridgehead atoms. The lowest BCUT2D eigenvalue weighted by molar-refractivity contribution is 0.319. The van der Waals surface area contributed by atoms with Gasteiger partial charge in [0.1, 0.15) is 5.75 Å². The zero-order valence-electron chi connectivity index (χ0n) is 13.9. The Bertz CT molecular complexity index is 853. The number of hydrogen-bond acceptors (Lipinski definition) is 6. The Kier molecular flexibility index (Phi) is 4.46. The molecule has 0 fully saturated rings. The van der Waals surface area contributed by atoms with E-state index in [0.717, 1.165) is 22.0 Å². The summed E-state index contributed by atoms with van der Waals surface area (Å²) < 4.78 is 5.54. The van der Waals surface area contributed by atoms with Crippen LogP contribution < -0.4 is 10.1 Å². The van der Waals surface area contributed by atoms with Crippen LogP contribution >= 0.6 is 0 Å². The lowest BCUT2D eigenvalue weighted by Crippen LogP contribution is -2.12. The number of methoxy groups -OCH3 is 1. The third kappa shape index (κ3) is 3.08. The van der Waals surface area contributed by atoms with Gasteiger partial charge in [-0.2, -0.15) is 0 Å². The second kappa shape index (κ2) is 6.70. The van der Waals surface area contributed by atoms with E-state index >= 15 is 0 Å². The highest BCUT2D eigenvalue weighted by atomic mass is 16.5. The highest BCUT2D eigenvalue weighted by molar-refractivity contribution is 6.26. The number of ether oxygens (including phenoxy) is 1. The van der Waals surface area contributed by atoms with Crippen LogP contribution in [0.4, 0.5) is 5.95 Å². The lowest BCUT2D eigenvalue weighted by Gasteiger charge is -2.16. The molecule has 1 aromatic carbocycles. The monoisotopic (exact) mass is 324 g/mol. The fourth-order valence-corrected chi connectivity index (χ4v) is 2.66. The van der Waals surface area contributed by atoms with Crippen LogP contribution in [0, 0.1) is 0 Å². The Hall–Kier alpha value is -2.89. The molecule has 1 aliphatic rings. The zero-order chi connectivity index (χ0) is 17.1. The maximum atomic E-state index is 9.26. The molecule has 124 valence electrons. The number of rotatable bonds is 4. The first-order valence-electron chi connectivity index (χ1n) is 7.82. The fourth-order valence-electron chi connectivity index (χ4n) is 2.66. The number of hydrogen-bond donors (Lipinski definition) is 2. The van der Waals surface area contributed by atoms with Gasteiger partial charge in [-0.1, -0.05) is 23.4 Å². The van der Waals surface area contributed by atoms with E-state index in [0.29, 0.717) is 23.8 Å². The van der Waals surface area contributed by atoms with Crippen molar-refractivity contribution in [2.24, 2.45) is 5.16 Å². The number of nitrogens with one attached hydrogen (secondary N) is 1. The summed E-state index contributed by atoms with van der Waals surface area (Å²) >= 11 is 0. The van der Waals surface area contributed by atoms with Gasteiger partial charge in [-0.15, -0.1) is 0 Å². The van der Waals surface area contributed by atoms with Gasteiger partial charge < -0.3 is 15.3 Å². The van der Waals surface area contributed by atoms with Crippen LogP contribution in [0.1, 0.15) is 25.8 Å². The summed E-state index contributed by atoms with van der Waals surface area (Å²) in [7, 11) is 1.62. The van der Waals surface area contributed by atoms with Crippen molar-refractivity contribution in [1.82, 2.24) is 9.97 Å². The Morgan fingerprint density at radius 2 is 2.17 bits per heavy atom. The first-order chi connectivity index (χ1) is 11.6. The first kappa shape index (κ1) is 16.0. The second-order valence-electron chi connectivity index (χ2n) is 5.86. The standard InChI is InChI=1S/C18H20N4O2/c1-11(2)20-18-19-10-12-8-14(17(24-3)9-16(12)21-18)13-6-4-5-7-15(13)22-23/h4-6,8-11,23H,7H2,1-3H3,(H,19,20,21). The topological polar surface area (TPSA) is 79.6 Å². The minimum atomic E-state index is 0.256. The zero-order valence-corrected chi connectivity index (χ0v) is 13.9. The highest BCUT2D eigenvalue weighted by Gasteiger charge is 2.17. The Morgan fingerprint density at radius 1 is 1.33 bits per heavy atom. The van der Waals surface area contributed by atoms with Crippen LogP contribution in [0.2, 0.25) is 0 Å². The Labute approximate surface area is 140 Å². The van der Waals surface area contributed by atoms with Crippen molar-refractivity contribution in [3.8, 4) is 5.75 Å². The van der Waals surface area contributed by atoms with Crippen molar-refractivity contribution in [3.05, 3.63) is 42.1 Å². The summed E-state index contributed by atoms with van der Waals surface area (Å²) in [5.41, 5.74) is 3.09. The number of benzene rings is 1. The van der Waals surface area contributed by atoms with E-state index in [1.807, 2.05) is 44.2 Å². The smallest absolute Gasteiger partial charge is 0.223 e. The number of allylic oxidation sites excluding steroid dienone is 4. The number of anilines is 1. The summed E-state index contributed by atoms with van der Waals surface area (Å²) in [6.45, 7) is 4.08. The summed E-state index contributed by atoms with van der Waals surface area (Å²) in [4.78, 5) is 8.89. The highest BCUT2D eigenvalue weighted by Crippen LogP contribution is 2.33. The van der Waals surface area contributed by atoms with Crippen LogP contribution in [-0.2, 0) is 0 Å². The quantitative estimate of drug-likeness (QED) is 0.663. The van der Waals surface area contributed by atoms with Crippen molar-refractivity contribution in [1.29, 1.82) is 0 Å². The van der Waals surface area contributed by atoms with Gasteiger partial charge in [-0.05, 0) is 19.9 Å². The molecule has 6 heteroatoms. The molecule has 0 amide bonds. The molecular formula is C18H20N4O2. The second-order valence-corrected chi connectivity index (χ2v) is 5.86. The molecule has 1 aliphatic carbocycles. The molecule has 6 nitrogen and oxygen atoms in total. The first-order valence-corrected chi connectivity index (χ1v) is 7.82. The molecule has 0 saturated heterocycles. The van der Waals surface area contributed by atoms with Gasteiger partial charge in [-0.3, -0.25) is 0 Å². The fraction of sp³-hybridized carbons (Fsp3) is 0.278. The van der Waals surface area contributed by atoms with Gasteiger partial charge >= 0.3 is 0 Å². The SMILES string of the molecule is COc1cc2nc(NC(C)C)ncc2cc1C1=CC=CCC1=NO. The predicted molar refractivity (Wildman–Crippen MR) is 95.8 cm³/mol. The van der Waals surface area contributed by atoms with Crippen molar-refractivity contribution < 1.29 is 9.94 Å². The molecule has 2 aromatic rings. The van der Waals surface area contributed by atoms with Gasteiger partial charge in [0.2, 0.25) is 5.95 Å². The summed E-state index contributed by atoms with van der Waals surface area (Å²) in [6, 6.07) is 4.10. The van der Waals surface area contributed by atoms with E-state index in [9.17, 15) is 5.21 Å². The maximum absolute atomic E-state index is 9.26. The van der Waals surface area contributed by atoms with Crippen molar-refractivity contribution >= 4 is 28.1 Å². The van der Waals surface area contributed by atoms with E-state index in [-0.39, 0.29) is 6.04 Å². The molecule has 0 atom stereocenters. The number of nitrogens with zero attached hydrogens (tertiary/aromatic N) is 3. The average Bonchev–Trinajstić information content (AvgIpc) is 2.60. The van der Waals surface area contributed by atoms with Crippen molar-refractivity contribution in [2.75, 3.05) is 12.4 Å². The van der Waals surface area contributed by atoms with Gasteiger partial charge in [0.25, 0.3) is 0 Å². The van der Waals surface area contributed by atoms with Crippen molar-refractivity contribution in [2.45, 2.75) is 26.3 Å². The Balaban J connectivity index is 2.12. The molecular weight excluding hydrogens is 304 g/mol. The van der Waals surface area contributed by atoms with E-state index in [4.69, 9.17) is 4.74 Å². The molecule has 0 aliphatic heterocycles. The van der Waals surface area contributed by atoms with E-state index < -0.39 is 0 Å². The lowest BCUT2D eigenvalue weighted by atomic mass is 9.94. The molecule has 1 heterocycles. The van der Waals surface area contributed by atoms with Gasteiger partial charge in [0.15, 0.2) is 0 Å². The minimum absolute atomic E-state index is 0.256. The number of oxime groups is 1. The molecule has 1 aromatic heterocycles. The van der Waals surface area contributed by atoms with Crippen molar-refractivity contribution in [3.63, 3.8) is 0 Å². The molecule has 0 radical (unpaired) electrons.